The maximum absolute atomic E-state index is 12.9. The number of hydrogen-bond acceptors (Lipinski definition) is 4. The molecule has 0 saturated carbocycles. The van der Waals surface area contributed by atoms with Crippen molar-refractivity contribution < 1.29 is 9.21 Å². The van der Waals surface area contributed by atoms with Gasteiger partial charge in [-0.15, -0.1) is 0 Å². The van der Waals surface area contributed by atoms with Gasteiger partial charge in [0.1, 0.15) is 0 Å². The lowest BCUT2D eigenvalue weighted by atomic mass is 9.96. The summed E-state index contributed by atoms with van der Waals surface area (Å²) in [7, 11) is 0. The Morgan fingerprint density at radius 1 is 1.17 bits per heavy atom. The number of hydrogen-bond donors (Lipinski definition) is 1. The van der Waals surface area contributed by atoms with Crippen molar-refractivity contribution in [3.8, 4) is 11.3 Å². The number of amides is 1. The number of para-hydroxylation sites is 1. The zero-order chi connectivity index (χ0) is 20.9. The lowest BCUT2D eigenvalue weighted by molar-refractivity contribution is 0.0956. The van der Waals surface area contributed by atoms with E-state index >= 15 is 0 Å². The molecule has 0 aliphatic heterocycles. The Morgan fingerprint density at radius 2 is 1.97 bits per heavy atom. The number of carbonyl (C=O) groups excluding carboxylic acids is 1. The van der Waals surface area contributed by atoms with Gasteiger partial charge in [-0.05, 0) is 36.1 Å². The molecule has 4 rings (SSSR count). The van der Waals surface area contributed by atoms with Crippen LogP contribution in [0.4, 0.5) is 0 Å². The van der Waals surface area contributed by atoms with Gasteiger partial charge < -0.3 is 4.42 Å². The molecule has 5 nitrogen and oxygen atoms in total. The van der Waals surface area contributed by atoms with Crippen molar-refractivity contribution in [1.82, 2.24) is 10.4 Å². The standard InChI is InChI=1S/C25H23N3O2/c1-3-17(2)19-8-10-20(11-9-19)24-14-22(21-6-4-5-7-23(21)27-24)25(29)28-26-15-18-12-13-30-16-18/h4-17H,3H2,1-2H3,(H,28,29)/t17-/m0/s1. The summed E-state index contributed by atoms with van der Waals surface area (Å²) >= 11 is 0. The fourth-order valence-corrected chi connectivity index (χ4v) is 3.30. The van der Waals surface area contributed by atoms with Crippen LogP contribution in [-0.4, -0.2) is 17.1 Å². The monoisotopic (exact) mass is 397 g/mol. The Kier molecular flexibility index (Phi) is 5.70. The normalized spacial score (nSPS) is 12.3. The number of nitrogens with zero attached hydrogens (tertiary/aromatic N) is 2. The molecule has 5 heteroatoms. The van der Waals surface area contributed by atoms with Crippen LogP contribution < -0.4 is 5.43 Å². The first-order valence-electron chi connectivity index (χ1n) is 10.0. The zero-order valence-electron chi connectivity index (χ0n) is 17.0. The fourth-order valence-electron chi connectivity index (χ4n) is 3.30. The predicted octanol–water partition coefficient (Wildman–Crippen LogP) is 5.77. The topological polar surface area (TPSA) is 67.5 Å². The lowest BCUT2D eigenvalue weighted by Gasteiger charge is -2.11. The Labute approximate surface area is 175 Å². The number of fused-ring (bicyclic) bond motifs is 1. The first-order chi connectivity index (χ1) is 14.7. The van der Waals surface area contributed by atoms with E-state index in [4.69, 9.17) is 9.40 Å². The van der Waals surface area contributed by atoms with Gasteiger partial charge in [0.15, 0.2) is 0 Å². The van der Waals surface area contributed by atoms with Gasteiger partial charge in [0, 0.05) is 16.5 Å². The summed E-state index contributed by atoms with van der Waals surface area (Å²) in [4.78, 5) is 17.7. The van der Waals surface area contributed by atoms with E-state index in [1.165, 1.54) is 5.56 Å². The number of hydrazone groups is 1. The third-order valence-corrected chi connectivity index (χ3v) is 5.27. The van der Waals surface area contributed by atoms with Crippen molar-refractivity contribution in [2.75, 3.05) is 0 Å². The molecule has 1 atom stereocenters. The molecule has 0 unspecified atom stereocenters. The summed E-state index contributed by atoms with van der Waals surface area (Å²) < 4.78 is 5.00. The molecule has 0 spiro atoms. The molecule has 2 heterocycles. The minimum atomic E-state index is -0.286. The highest BCUT2D eigenvalue weighted by Crippen LogP contribution is 2.27. The van der Waals surface area contributed by atoms with E-state index in [1.54, 1.807) is 24.8 Å². The van der Waals surface area contributed by atoms with E-state index in [2.05, 4.69) is 48.6 Å². The highest BCUT2D eigenvalue weighted by atomic mass is 16.3. The number of nitrogens with one attached hydrogen (secondary N) is 1. The van der Waals surface area contributed by atoms with Gasteiger partial charge in [0.25, 0.3) is 5.91 Å². The van der Waals surface area contributed by atoms with Crippen molar-refractivity contribution in [2.45, 2.75) is 26.2 Å². The molecule has 0 radical (unpaired) electrons. The van der Waals surface area contributed by atoms with Gasteiger partial charge in [-0.25, -0.2) is 10.4 Å². The number of furan rings is 1. The Morgan fingerprint density at radius 3 is 2.70 bits per heavy atom. The molecule has 0 aliphatic carbocycles. The Balaban J connectivity index is 1.68. The van der Waals surface area contributed by atoms with Gasteiger partial charge in [0.2, 0.25) is 0 Å². The molecule has 30 heavy (non-hydrogen) atoms. The summed E-state index contributed by atoms with van der Waals surface area (Å²) in [5, 5.41) is 4.82. The number of aromatic nitrogens is 1. The van der Waals surface area contributed by atoms with E-state index in [1.807, 2.05) is 30.3 Å². The molecule has 0 saturated heterocycles. The number of benzene rings is 2. The van der Waals surface area contributed by atoms with Crippen LogP contribution >= 0.6 is 0 Å². The highest BCUT2D eigenvalue weighted by Gasteiger charge is 2.14. The zero-order valence-corrected chi connectivity index (χ0v) is 17.0. The molecule has 1 amide bonds. The van der Waals surface area contributed by atoms with Gasteiger partial charge in [-0.3, -0.25) is 4.79 Å². The molecular formula is C25H23N3O2. The molecule has 1 N–H and O–H groups in total. The van der Waals surface area contributed by atoms with Gasteiger partial charge in [-0.1, -0.05) is 56.3 Å². The van der Waals surface area contributed by atoms with Crippen LogP contribution in [0.3, 0.4) is 0 Å². The van der Waals surface area contributed by atoms with E-state index in [9.17, 15) is 4.79 Å². The SMILES string of the molecule is CC[C@H](C)c1ccc(-c2cc(C(=O)NN=Cc3ccoc3)c3ccccc3n2)cc1. The number of carbonyl (C=O) groups is 1. The largest absolute Gasteiger partial charge is 0.472 e. The summed E-state index contributed by atoms with van der Waals surface area (Å²) in [6, 6.07) is 19.6. The molecule has 2 aromatic heterocycles. The first-order valence-corrected chi connectivity index (χ1v) is 10.0. The smallest absolute Gasteiger partial charge is 0.272 e. The molecular weight excluding hydrogens is 374 g/mol. The third-order valence-electron chi connectivity index (χ3n) is 5.27. The van der Waals surface area contributed by atoms with E-state index in [-0.39, 0.29) is 5.91 Å². The van der Waals surface area contributed by atoms with Crippen molar-refractivity contribution >= 4 is 23.0 Å². The first kappa shape index (κ1) is 19.6. The third kappa shape index (κ3) is 4.15. The van der Waals surface area contributed by atoms with Crippen molar-refractivity contribution in [3.05, 3.63) is 89.9 Å². The van der Waals surface area contributed by atoms with Crippen molar-refractivity contribution in [2.24, 2.45) is 5.10 Å². The van der Waals surface area contributed by atoms with E-state index in [0.717, 1.165) is 34.1 Å². The Hall–Kier alpha value is -3.73. The van der Waals surface area contributed by atoms with Crippen LogP contribution in [0.25, 0.3) is 22.2 Å². The van der Waals surface area contributed by atoms with Crippen LogP contribution in [0.1, 0.15) is 47.7 Å². The molecule has 0 fully saturated rings. The van der Waals surface area contributed by atoms with Gasteiger partial charge >= 0.3 is 0 Å². The summed E-state index contributed by atoms with van der Waals surface area (Å²) in [5.41, 5.74) is 7.71. The van der Waals surface area contributed by atoms with Crippen LogP contribution in [-0.2, 0) is 0 Å². The summed E-state index contributed by atoms with van der Waals surface area (Å²) in [6.45, 7) is 4.40. The Bertz CT molecular complexity index is 1180. The second kappa shape index (κ2) is 8.74. The lowest BCUT2D eigenvalue weighted by Crippen LogP contribution is -2.18. The van der Waals surface area contributed by atoms with Crippen LogP contribution in [0.15, 0.2) is 82.7 Å². The molecule has 0 bridgehead atoms. The van der Waals surface area contributed by atoms with Crippen molar-refractivity contribution in [3.63, 3.8) is 0 Å². The van der Waals surface area contributed by atoms with Crippen LogP contribution in [0.5, 0.6) is 0 Å². The van der Waals surface area contributed by atoms with Gasteiger partial charge in [-0.2, -0.15) is 5.10 Å². The quantitative estimate of drug-likeness (QED) is 0.332. The summed E-state index contributed by atoms with van der Waals surface area (Å²) in [6.07, 6.45) is 5.74. The van der Waals surface area contributed by atoms with Gasteiger partial charge in [0.05, 0.1) is 35.5 Å². The number of pyridine rings is 1. The predicted molar refractivity (Wildman–Crippen MR) is 120 cm³/mol. The van der Waals surface area contributed by atoms with Crippen LogP contribution in [0, 0.1) is 0 Å². The fraction of sp³-hybridized carbons (Fsp3) is 0.160. The minimum Gasteiger partial charge on any atom is -0.472 e. The molecule has 150 valence electrons. The van der Waals surface area contributed by atoms with E-state index < -0.39 is 0 Å². The van der Waals surface area contributed by atoms with Crippen molar-refractivity contribution in [1.29, 1.82) is 0 Å². The molecule has 0 aliphatic rings. The minimum absolute atomic E-state index is 0.286. The maximum Gasteiger partial charge on any atom is 0.272 e. The second-order valence-corrected chi connectivity index (χ2v) is 7.26. The maximum atomic E-state index is 12.9. The molecule has 2 aromatic carbocycles. The summed E-state index contributed by atoms with van der Waals surface area (Å²) in [5.74, 6) is 0.226. The average Bonchev–Trinajstić information content (AvgIpc) is 3.31. The number of rotatable bonds is 6. The average molecular weight is 397 g/mol. The van der Waals surface area contributed by atoms with E-state index in [0.29, 0.717) is 11.5 Å². The molecule has 4 aromatic rings. The van der Waals surface area contributed by atoms with Crippen LogP contribution in [0.2, 0.25) is 0 Å². The second-order valence-electron chi connectivity index (χ2n) is 7.26. The highest BCUT2D eigenvalue weighted by molar-refractivity contribution is 6.07.